The molecule has 1 saturated heterocycles. The van der Waals surface area contributed by atoms with Crippen molar-refractivity contribution in [2.24, 2.45) is 11.7 Å². The zero-order valence-corrected chi connectivity index (χ0v) is 11.2. The van der Waals surface area contributed by atoms with Gasteiger partial charge < -0.3 is 15.1 Å². The molecule has 0 radical (unpaired) electrons. The van der Waals surface area contributed by atoms with Crippen molar-refractivity contribution >= 4 is 17.5 Å². The molecule has 0 amide bonds. The van der Waals surface area contributed by atoms with E-state index in [2.05, 4.69) is 20.1 Å². The second-order valence-electron chi connectivity index (χ2n) is 4.76. The van der Waals surface area contributed by atoms with Crippen molar-refractivity contribution in [2.45, 2.75) is 12.8 Å². The number of nitrogens with zero attached hydrogens (tertiary/aromatic N) is 3. The van der Waals surface area contributed by atoms with Gasteiger partial charge in [-0.25, -0.2) is 0 Å². The fourth-order valence-electron chi connectivity index (χ4n) is 2.35. The summed E-state index contributed by atoms with van der Waals surface area (Å²) in [6, 6.07) is 1.77. The zero-order chi connectivity index (χ0) is 13.2. The van der Waals surface area contributed by atoms with Crippen LogP contribution in [0.1, 0.15) is 12.8 Å². The van der Waals surface area contributed by atoms with Crippen LogP contribution in [-0.2, 0) is 0 Å². The van der Waals surface area contributed by atoms with Crippen LogP contribution >= 0.6 is 11.6 Å². The highest BCUT2D eigenvalue weighted by Crippen LogP contribution is 2.27. The van der Waals surface area contributed by atoms with Crippen molar-refractivity contribution in [1.29, 1.82) is 0 Å². The highest BCUT2D eigenvalue weighted by Gasteiger charge is 2.21. The summed E-state index contributed by atoms with van der Waals surface area (Å²) in [7, 11) is 0. The van der Waals surface area contributed by atoms with Gasteiger partial charge in [0.15, 0.2) is 5.82 Å². The Balaban J connectivity index is 1.74. The summed E-state index contributed by atoms with van der Waals surface area (Å²) >= 11 is 5.93. The van der Waals surface area contributed by atoms with Crippen LogP contribution in [0, 0.1) is 5.92 Å². The molecule has 1 aliphatic rings. The molecule has 0 spiro atoms. The van der Waals surface area contributed by atoms with Crippen LogP contribution in [0.2, 0.25) is 5.22 Å². The first-order chi connectivity index (χ1) is 9.28. The maximum atomic E-state index is 5.93. The number of nitrogens with two attached hydrogens (primary N) is 1. The van der Waals surface area contributed by atoms with Crippen LogP contribution in [0.5, 0.6) is 0 Å². The lowest BCUT2D eigenvalue weighted by atomic mass is 9.97. The summed E-state index contributed by atoms with van der Waals surface area (Å²) in [5.74, 6) is 1.97. The van der Waals surface area contributed by atoms with Gasteiger partial charge in [0, 0.05) is 13.1 Å². The summed E-state index contributed by atoms with van der Waals surface area (Å²) in [6.07, 6.45) is 3.71. The average Bonchev–Trinajstić information content (AvgIpc) is 3.07. The van der Waals surface area contributed by atoms with E-state index in [1.165, 1.54) is 6.26 Å². The molecule has 19 heavy (non-hydrogen) atoms. The number of anilines is 1. The maximum Gasteiger partial charge on any atom is 0.245 e. The van der Waals surface area contributed by atoms with Gasteiger partial charge in [-0.2, -0.15) is 4.98 Å². The van der Waals surface area contributed by atoms with Gasteiger partial charge in [0.05, 0.1) is 11.8 Å². The number of halogens is 1. The topological polar surface area (TPSA) is 84.0 Å². The predicted molar refractivity (Wildman–Crippen MR) is 73.1 cm³/mol. The van der Waals surface area contributed by atoms with Gasteiger partial charge in [-0.15, -0.1) is 5.10 Å². The Kier molecular flexibility index (Phi) is 3.44. The van der Waals surface area contributed by atoms with Crippen LogP contribution in [0.3, 0.4) is 0 Å². The predicted octanol–water partition coefficient (Wildman–Crippen LogP) is 1.89. The fraction of sp³-hybridized carbons (Fsp3) is 0.500. The minimum atomic E-state index is 0.324. The van der Waals surface area contributed by atoms with Gasteiger partial charge in [0.25, 0.3) is 0 Å². The lowest BCUT2D eigenvalue weighted by molar-refractivity contribution is 0.411. The van der Waals surface area contributed by atoms with E-state index < -0.39 is 0 Å². The molecule has 1 fully saturated rings. The lowest BCUT2D eigenvalue weighted by Gasteiger charge is -2.30. The average molecular weight is 282 g/mol. The summed E-state index contributed by atoms with van der Waals surface area (Å²) in [4.78, 5) is 6.64. The van der Waals surface area contributed by atoms with Gasteiger partial charge in [-0.1, -0.05) is 0 Å². The van der Waals surface area contributed by atoms with Crippen LogP contribution < -0.4 is 10.6 Å². The Morgan fingerprint density at radius 3 is 2.89 bits per heavy atom. The first-order valence-electron chi connectivity index (χ1n) is 6.38. The summed E-state index contributed by atoms with van der Waals surface area (Å²) < 4.78 is 5.05. The second-order valence-corrected chi connectivity index (χ2v) is 5.10. The quantitative estimate of drug-likeness (QED) is 0.897. The van der Waals surface area contributed by atoms with Crippen LogP contribution in [0.25, 0.3) is 11.4 Å². The molecule has 0 aliphatic carbocycles. The van der Waals surface area contributed by atoms with E-state index in [4.69, 9.17) is 21.8 Å². The molecule has 3 heterocycles. The van der Waals surface area contributed by atoms with Gasteiger partial charge in [0.2, 0.25) is 11.2 Å². The van der Waals surface area contributed by atoms with Gasteiger partial charge in [-0.05, 0) is 43.0 Å². The molecule has 0 aromatic carbocycles. The van der Waals surface area contributed by atoms with Crippen LogP contribution in [0.15, 0.2) is 16.7 Å². The monoisotopic (exact) mass is 281 g/mol. The third-order valence-electron chi connectivity index (χ3n) is 3.58. The largest absolute Gasteiger partial charge is 0.452 e. The normalized spacial score (nSPS) is 17.1. The van der Waals surface area contributed by atoms with Crippen molar-refractivity contribution in [3.63, 3.8) is 0 Å². The molecule has 3 rings (SSSR count). The number of H-pyrrole nitrogens is 1. The molecule has 0 bridgehead atoms. The molecule has 7 heteroatoms. The van der Waals surface area contributed by atoms with E-state index in [9.17, 15) is 0 Å². The van der Waals surface area contributed by atoms with Gasteiger partial charge in [-0.3, -0.25) is 5.10 Å². The van der Waals surface area contributed by atoms with Crippen molar-refractivity contribution in [3.8, 4) is 11.4 Å². The van der Waals surface area contributed by atoms with E-state index >= 15 is 0 Å². The fourth-order valence-corrected chi connectivity index (χ4v) is 2.55. The standard InChI is InChI=1S/C12H16ClN5O/c13-10-9(3-6-19-10)11-15-12(17-16-11)18-4-1-8(7-14)2-5-18/h3,6,8H,1-2,4-5,7,14H2,(H,15,16,17). The van der Waals surface area contributed by atoms with Gasteiger partial charge >= 0.3 is 0 Å². The lowest BCUT2D eigenvalue weighted by Crippen LogP contribution is -2.36. The Morgan fingerprint density at radius 2 is 2.26 bits per heavy atom. The summed E-state index contributed by atoms with van der Waals surface area (Å²) in [5.41, 5.74) is 6.42. The molecule has 2 aromatic rings. The molecule has 2 aromatic heterocycles. The number of aromatic amines is 1. The third kappa shape index (κ3) is 2.46. The first-order valence-corrected chi connectivity index (χ1v) is 6.76. The van der Waals surface area contributed by atoms with Crippen LogP contribution in [0.4, 0.5) is 5.95 Å². The molecule has 0 atom stereocenters. The Hall–Kier alpha value is -1.53. The SMILES string of the molecule is NCC1CCN(c2n[nH]c(-c3ccoc3Cl)n2)CC1. The van der Waals surface area contributed by atoms with E-state index in [1.807, 2.05) is 0 Å². The number of nitrogens with one attached hydrogen (secondary N) is 1. The maximum absolute atomic E-state index is 5.93. The third-order valence-corrected chi connectivity index (χ3v) is 3.87. The minimum absolute atomic E-state index is 0.324. The summed E-state index contributed by atoms with van der Waals surface area (Å²) in [6.45, 7) is 2.65. The first kappa shape index (κ1) is 12.5. The Labute approximate surface area is 115 Å². The van der Waals surface area contributed by atoms with E-state index in [-0.39, 0.29) is 0 Å². The van der Waals surface area contributed by atoms with Crippen molar-refractivity contribution < 1.29 is 4.42 Å². The second kappa shape index (κ2) is 5.22. The van der Waals surface area contributed by atoms with Crippen molar-refractivity contribution in [1.82, 2.24) is 15.2 Å². The smallest absolute Gasteiger partial charge is 0.245 e. The van der Waals surface area contributed by atoms with E-state index in [0.29, 0.717) is 22.9 Å². The number of aromatic nitrogens is 3. The van der Waals surface area contributed by atoms with Gasteiger partial charge in [0.1, 0.15) is 0 Å². The van der Waals surface area contributed by atoms with E-state index in [1.54, 1.807) is 6.07 Å². The zero-order valence-electron chi connectivity index (χ0n) is 10.5. The molecule has 3 N–H and O–H groups in total. The Bertz CT molecular complexity index is 544. The number of rotatable bonds is 3. The summed E-state index contributed by atoms with van der Waals surface area (Å²) in [5, 5.41) is 7.47. The van der Waals surface area contributed by atoms with Crippen LogP contribution in [-0.4, -0.2) is 34.8 Å². The molecule has 1 aliphatic heterocycles. The van der Waals surface area contributed by atoms with E-state index in [0.717, 1.165) is 38.0 Å². The number of hydrogen-bond donors (Lipinski definition) is 2. The molecule has 6 nitrogen and oxygen atoms in total. The molecule has 0 unspecified atom stereocenters. The highest BCUT2D eigenvalue weighted by atomic mass is 35.5. The Morgan fingerprint density at radius 1 is 1.47 bits per heavy atom. The molecular weight excluding hydrogens is 266 g/mol. The molecular formula is C12H16ClN5O. The molecule has 102 valence electrons. The minimum Gasteiger partial charge on any atom is -0.452 e. The van der Waals surface area contributed by atoms with Crippen molar-refractivity contribution in [3.05, 3.63) is 17.5 Å². The number of furan rings is 1. The number of hydrogen-bond acceptors (Lipinski definition) is 5. The number of piperidine rings is 1. The molecule has 0 saturated carbocycles. The highest BCUT2D eigenvalue weighted by molar-refractivity contribution is 6.31. The van der Waals surface area contributed by atoms with Crippen molar-refractivity contribution in [2.75, 3.05) is 24.5 Å².